The van der Waals surface area contributed by atoms with Crippen LogP contribution in [0.5, 0.6) is 0 Å². The molecule has 0 radical (unpaired) electrons. The van der Waals surface area contributed by atoms with Crippen molar-refractivity contribution >= 4 is 21.7 Å². The van der Waals surface area contributed by atoms with Gasteiger partial charge in [-0.2, -0.15) is 0 Å². The van der Waals surface area contributed by atoms with Crippen LogP contribution in [-0.4, -0.2) is 12.4 Å². The van der Waals surface area contributed by atoms with Gasteiger partial charge in [0.25, 0.3) is 0 Å². The van der Waals surface area contributed by atoms with Gasteiger partial charge in [-0.1, -0.05) is 15.9 Å². The molecule has 0 aliphatic heterocycles. The summed E-state index contributed by atoms with van der Waals surface area (Å²) in [5, 5.41) is 0. The third-order valence-corrected chi connectivity index (χ3v) is 2.17. The average molecular weight is 273 g/mol. The largest absolute Gasteiger partial charge is 0.501 e. The summed E-state index contributed by atoms with van der Waals surface area (Å²) in [4.78, 5) is 11.5. The molecule has 1 aromatic rings. The van der Waals surface area contributed by atoms with Gasteiger partial charge in [-0.15, -0.1) is 0 Å². The molecule has 0 bridgehead atoms. The van der Waals surface area contributed by atoms with E-state index in [1.165, 1.54) is 24.5 Å². The zero-order valence-corrected chi connectivity index (χ0v) is 9.75. The Morgan fingerprint density at radius 2 is 2.33 bits per heavy atom. The van der Waals surface area contributed by atoms with E-state index in [-0.39, 0.29) is 5.56 Å². The van der Waals surface area contributed by atoms with Crippen molar-refractivity contribution in [3.05, 3.63) is 46.4 Å². The van der Waals surface area contributed by atoms with Gasteiger partial charge in [0.05, 0.1) is 18.4 Å². The van der Waals surface area contributed by atoms with Crippen molar-refractivity contribution in [1.29, 1.82) is 0 Å². The smallest absolute Gasteiger partial charge is 0.191 e. The molecule has 0 atom stereocenters. The highest BCUT2D eigenvalue weighted by Gasteiger charge is 2.08. The van der Waals surface area contributed by atoms with Crippen LogP contribution in [-0.2, 0) is 4.74 Å². The van der Waals surface area contributed by atoms with Crippen LogP contribution in [0.25, 0.3) is 0 Å². The molecule has 1 aromatic carbocycles. The standard InChI is InChI=1S/C11H10BrFO2/c1-2-15-6-5-11(14)9-7-8(12)3-4-10(9)13/h3-7H,2H2,1H3/b6-5+. The fraction of sp³-hybridized carbons (Fsp3) is 0.182. The molecular formula is C11H10BrFO2. The van der Waals surface area contributed by atoms with Crippen molar-refractivity contribution < 1.29 is 13.9 Å². The Bertz CT molecular complexity index is 388. The fourth-order valence-corrected chi connectivity index (χ4v) is 1.34. The number of hydrogen-bond donors (Lipinski definition) is 0. The van der Waals surface area contributed by atoms with Gasteiger partial charge in [0.2, 0.25) is 0 Å². The molecule has 0 spiro atoms. The highest BCUT2D eigenvalue weighted by Crippen LogP contribution is 2.16. The van der Waals surface area contributed by atoms with E-state index in [4.69, 9.17) is 4.74 Å². The Balaban J connectivity index is 2.86. The van der Waals surface area contributed by atoms with Crippen molar-refractivity contribution in [3.8, 4) is 0 Å². The van der Waals surface area contributed by atoms with Crippen LogP contribution in [0.2, 0.25) is 0 Å². The van der Waals surface area contributed by atoms with Gasteiger partial charge in [-0.3, -0.25) is 4.79 Å². The van der Waals surface area contributed by atoms with Gasteiger partial charge in [0.1, 0.15) is 5.82 Å². The summed E-state index contributed by atoms with van der Waals surface area (Å²) in [5.74, 6) is -0.952. The lowest BCUT2D eigenvalue weighted by Gasteiger charge is -1.99. The molecule has 0 unspecified atom stereocenters. The summed E-state index contributed by atoms with van der Waals surface area (Å²) >= 11 is 3.17. The second-order valence-electron chi connectivity index (χ2n) is 2.75. The zero-order chi connectivity index (χ0) is 11.3. The van der Waals surface area contributed by atoms with Gasteiger partial charge < -0.3 is 4.74 Å². The Hall–Kier alpha value is -1.16. The molecule has 0 N–H and O–H groups in total. The Kier molecular flexibility index (Phi) is 4.49. The molecule has 0 aromatic heterocycles. The monoisotopic (exact) mass is 272 g/mol. The number of carbonyl (C=O) groups excluding carboxylic acids is 1. The first-order valence-electron chi connectivity index (χ1n) is 4.42. The number of halogens is 2. The molecule has 80 valence electrons. The Morgan fingerprint density at radius 1 is 1.60 bits per heavy atom. The molecule has 1 rings (SSSR count). The predicted octanol–water partition coefficient (Wildman–Crippen LogP) is 3.32. The second-order valence-corrected chi connectivity index (χ2v) is 3.66. The lowest BCUT2D eigenvalue weighted by molar-refractivity contribution is 0.103. The number of benzene rings is 1. The molecule has 0 aliphatic carbocycles. The molecule has 2 nitrogen and oxygen atoms in total. The van der Waals surface area contributed by atoms with Crippen LogP contribution in [0.15, 0.2) is 35.0 Å². The first-order chi connectivity index (χ1) is 7.15. The summed E-state index contributed by atoms with van der Waals surface area (Å²) in [7, 11) is 0. The maximum atomic E-state index is 13.2. The number of rotatable bonds is 4. The molecule has 15 heavy (non-hydrogen) atoms. The van der Waals surface area contributed by atoms with Gasteiger partial charge in [-0.25, -0.2) is 4.39 Å². The maximum Gasteiger partial charge on any atom is 0.191 e. The number of ether oxygens (including phenoxy) is 1. The summed E-state index contributed by atoms with van der Waals surface area (Å²) in [5.41, 5.74) is 0.0281. The lowest BCUT2D eigenvalue weighted by atomic mass is 10.1. The minimum absolute atomic E-state index is 0.0281. The lowest BCUT2D eigenvalue weighted by Crippen LogP contribution is -1.98. The zero-order valence-electron chi connectivity index (χ0n) is 8.17. The van der Waals surface area contributed by atoms with Crippen LogP contribution in [0.3, 0.4) is 0 Å². The van der Waals surface area contributed by atoms with Crippen LogP contribution in [0.1, 0.15) is 17.3 Å². The molecule has 4 heteroatoms. The highest BCUT2D eigenvalue weighted by molar-refractivity contribution is 9.10. The van der Waals surface area contributed by atoms with Gasteiger partial charge in [0, 0.05) is 10.5 Å². The van der Waals surface area contributed by atoms with Crippen LogP contribution in [0.4, 0.5) is 4.39 Å². The number of carbonyl (C=O) groups is 1. The van der Waals surface area contributed by atoms with E-state index in [0.29, 0.717) is 11.1 Å². The molecule has 0 amide bonds. The van der Waals surface area contributed by atoms with E-state index < -0.39 is 11.6 Å². The molecule has 0 heterocycles. The third-order valence-electron chi connectivity index (χ3n) is 1.68. The van der Waals surface area contributed by atoms with Crippen molar-refractivity contribution in [1.82, 2.24) is 0 Å². The summed E-state index contributed by atoms with van der Waals surface area (Å²) in [6, 6.07) is 4.22. The van der Waals surface area contributed by atoms with Gasteiger partial charge in [-0.05, 0) is 25.1 Å². The third kappa shape index (κ3) is 3.47. The van der Waals surface area contributed by atoms with E-state index in [0.717, 1.165) is 0 Å². The SMILES string of the molecule is CCO/C=C/C(=O)c1cc(Br)ccc1F. The number of ketones is 1. The quantitative estimate of drug-likeness (QED) is 0.478. The number of allylic oxidation sites excluding steroid dienone is 1. The Morgan fingerprint density at radius 3 is 3.00 bits per heavy atom. The van der Waals surface area contributed by atoms with Crippen LogP contribution in [0, 0.1) is 5.82 Å². The summed E-state index contributed by atoms with van der Waals surface area (Å²) in [6.45, 7) is 2.28. The van der Waals surface area contributed by atoms with E-state index in [1.807, 2.05) is 0 Å². The van der Waals surface area contributed by atoms with Gasteiger partial charge in [0.15, 0.2) is 5.78 Å². The van der Waals surface area contributed by atoms with E-state index in [9.17, 15) is 9.18 Å². The number of hydrogen-bond acceptors (Lipinski definition) is 2. The molecular weight excluding hydrogens is 263 g/mol. The fourth-order valence-electron chi connectivity index (χ4n) is 0.982. The van der Waals surface area contributed by atoms with Crippen molar-refractivity contribution in [3.63, 3.8) is 0 Å². The minimum atomic E-state index is -0.538. The normalized spacial score (nSPS) is 10.6. The van der Waals surface area contributed by atoms with Crippen LogP contribution < -0.4 is 0 Å². The van der Waals surface area contributed by atoms with E-state index in [2.05, 4.69) is 15.9 Å². The van der Waals surface area contributed by atoms with Gasteiger partial charge >= 0.3 is 0 Å². The van der Waals surface area contributed by atoms with Crippen molar-refractivity contribution in [2.45, 2.75) is 6.92 Å². The van der Waals surface area contributed by atoms with Crippen LogP contribution >= 0.6 is 15.9 Å². The molecule has 0 aliphatic rings. The topological polar surface area (TPSA) is 26.3 Å². The van der Waals surface area contributed by atoms with Crippen molar-refractivity contribution in [2.75, 3.05) is 6.61 Å². The highest BCUT2D eigenvalue weighted by atomic mass is 79.9. The average Bonchev–Trinajstić information content (AvgIpc) is 2.22. The maximum absolute atomic E-state index is 13.2. The molecule has 0 saturated heterocycles. The first-order valence-corrected chi connectivity index (χ1v) is 5.22. The molecule has 0 fully saturated rings. The second kappa shape index (κ2) is 5.66. The van der Waals surface area contributed by atoms with Crippen molar-refractivity contribution in [2.24, 2.45) is 0 Å². The Labute approximate surface area is 95.9 Å². The first kappa shape index (κ1) is 11.9. The van der Waals surface area contributed by atoms with E-state index >= 15 is 0 Å². The molecule has 0 saturated carbocycles. The summed E-state index contributed by atoms with van der Waals surface area (Å²) < 4.78 is 18.7. The predicted molar refractivity (Wildman–Crippen MR) is 59.2 cm³/mol. The van der Waals surface area contributed by atoms with E-state index in [1.54, 1.807) is 13.0 Å². The summed E-state index contributed by atoms with van der Waals surface area (Å²) in [6.07, 6.45) is 2.47. The minimum Gasteiger partial charge on any atom is -0.501 e.